The van der Waals surface area contributed by atoms with Crippen LogP contribution in [0.3, 0.4) is 0 Å². The minimum absolute atomic E-state index is 0. The van der Waals surface area contributed by atoms with E-state index in [1.807, 2.05) is 0 Å². The number of hydrogen-bond acceptors (Lipinski definition) is 0. The van der Waals surface area contributed by atoms with Gasteiger partial charge in [-0.1, -0.05) is 0 Å². The van der Waals surface area contributed by atoms with Gasteiger partial charge in [0.05, 0.1) is 0 Å². The van der Waals surface area contributed by atoms with E-state index < -0.39 is 30.9 Å². The van der Waals surface area contributed by atoms with Gasteiger partial charge in [0.1, 0.15) is 0 Å². The van der Waals surface area contributed by atoms with E-state index >= 15 is 0 Å². The van der Waals surface area contributed by atoms with Crippen molar-refractivity contribution in [1.29, 1.82) is 0 Å². The van der Waals surface area contributed by atoms with Crippen LogP contribution >= 0.6 is 15.8 Å². The molecule has 0 atom stereocenters. The Morgan fingerprint density at radius 2 is 0.486 bits per heavy atom. The van der Waals surface area contributed by atoms with Gasteiger partial charge >= 0.3 is 191 Å². The Bertz CT molecular complexity index is 805. The van der Waals surface area contributed by atoms with Crippen LogP contribution in [0.25, 0.3) is 0 Å². The fourth-order valence-corrected chi connectivity index (χ4v) is 7.68. The maximum atomic E-state index is 2.27. The summed E-state index contributed by atoms with van der Waals surface area (Å²) in [7, 11) is 0.241. The normalized spacial score (nSPS) is 9.37. The SMILES string of the molecule is C[PH+](C)C.C[PH+](C)C.[Pt+2].c1cc[c]([GeH][c]2ccccc2)cc1.c1cc[c]([GeH][c]2ccccc2)cc1. The topological polar surface area (TPSA) is 0 Å². The van der Waals surface area contributed by atoms with E-state index in [-0.39, 0.29) is 36.9 Å². The molecular formula is C30H42Ge2P2Pt+4. The molecule has 0 amide bonds. The molecule has 35 heavy (non-hydrogen) atoms. The quantitative estimate of drug-likeness (QED) is 0.213. The van der Waals surface area contributed by atoms with Gasteiger partial charge in [-0.05, 0) is 15.8 Å². The Balaban J connectivity index is 0.000000499. The molecule has 5 heteroatoms. The van der Waals surface area contributed by atoms with Crippen LogP contribution in [0.4, 0.5) is 0 Å². The standard InChI is InChI=1S/2C12H11Ge.2C3H9P.Pt/c2*1-3-7-11(8-4-1)13-12-9-5-2-6-10-12;2*1-4(2)3;/h2*1-10,13H;2*1-3H3;/q;;;;+2/p+2. The van der Waals surface area contributed by atoms with Crippen molar-refractivity contribution in [2.24, 2.45) is 0 Å². The molecule has 0 N–H and O–H groups in total. The van der Waals surface area contributed by atoms with Gasteiger partial charge in [0.15, 0.2) is 0 Å². The second-order valence-corrected chi connectivity index (χ2v) is 21.7. The second-order valence-electron chi connectivity index (χ2n) is 8.93. The molecule has 0 aromatic heterocycles. The first-order valence-electron chi connectivity index (χ1n) is 11.8. The Kier molecular flexibility index (Phi) is 22.4. The van der Waals surface area contributed by atoms with Gasteiger partial charge in [-0.25, -0.2) is 0 Å². The summed E-state index contributed by atoms with van der Waals surface area (Å²) in [6.45, 7) is 13.6. The summed E-state index contributed by atoms with van der Waals surface area (Å²) < 4.78 is 6.10. The maximum absolute atomic E-state index is 2.27. The Labute approximate surface area is 244 Å². The molecule has 0 fully saturated rings. The fraction of sp³-hybridized carbons (Fsp3) is 0.200. The van der Waals surface area contributed by atoms with Crippen LogP contribution in [-0.4, -0.2) is 70.9 Å². The number of rotatable bonds is 4. The third kappa shape index (κ3) is 21.3. The van der Waals surface area contributed by atoms with Crippen LogP contribution < -0.4 is 17.6 Å². The van der Waals surface area contributed by atoms with E-state index in [1.54, 1.807) is 0 Å². The molecule has 0 aliphatic carbocycles. The zero-order valence-corrected chi connectivity index (χ0v) is 31.1. The average Bonchev–Trinajstić information content (AvgIpc) is 2.82. The second kappa shape index (κ2) is 22.7. The van der Waals surface area contributed by atoms with Crippen molar-refractivity contribution in [2.45, 2.75) is 0 Å². The van der Waals surface area contributed by atoms with Gasteiger partial charge in [-0.15, -0.1) is 0 Å². The molecule has 186 valence electrons. The molecule has 4 rings (SSSR count). The van der Waals surface area contributed by atoms with Crippen LogP contribution in [0.5, 0.6) is 0 Å². The fourth-order valence-electron chi connectivity index (χ4n) is 2.58. The summed E-state index contributed by atoms with van der Waals surface area (Å²) in [5, 5.41) is 0. The molecule has 0 heterocycles. The van der Waals surface area contributed by atoms with Crippen molar-refractivity contribution < 1.29 is 21.1 Å². The van der Waals surface area contributed by atoms with Crippen molar-refractivity contribution in [2.75, 3.05) is 40.0 Å². The van der Waals surface area contributed by atoms with Crippen LogP contribution in [-0.2, 0) is 21.1 Å². The third-order valence-electron chi connectivity index (χ3n) is 3.86. The van der Waals surface area contributed by atoms with Crippen LogP contribution in [0.2, 0.25) is 0 Å². The van der Waals surface area contributed by atoms with E-state index in [0.29, 0.717) is 0 Å². The van der Waals surface area contributed by atoms with Crippen molar-refractivity contribution in [1.82, 2.24) is 0 Å². The Morgan fingerprint density at radius 1 is 0.343 bits per heavy atom. The van der Waals surface area contributed by atoms with Crippen LogP contribution in [0.15, 0.2) is 121 Å². The molecule has 2 radical (unpaired) electrons. The van der Waals surface area contributed by atoms with Crippen molar-refractivity contribution in [3.05, 3.63) is 121 Å². The summed E-state index contributed by atoms with van der Waals surface area (Å²) >= 11 is -0.784. The summed E-state index contributed by atoms with van der Waals surface area (Å²) in [5.41, 5.74) is 0. The monoisotopic (exact) mass is 807 g/mol. The van der Waals surface area contributed by atoms with Gasteiger partial charge in [0.25, 0.3) is 0 Å². The van der Waals surface area contributed by atoms with Gasteiger partial charge in [-0.2, -0.15) is 0 Å². The van der Waals surface area contributed by atoms with Gasteiger partial charge in [-0.3, -0.25) is 0 Å². The molecule has 0 nitrogen and oxygen atoms in total. The number of hydrogen-bond donors (Lipinski definition) is 0. The van der Waals surface area contributed by atoms with Crippen molar-refractivity contribution in [3.63, 3.8) is 0 Å². The Hall–Kier alpha value is -0.486. The zero-order chi connectivity index (χ0) is 25.0. The van der Waals surface area contributed by atoms with E-state index in [9.17, 15) is 0 Å². The third-order valence-corrected chi connectivity index (χ3v) is 9.89. The predicted molar refractivity (Wildman–Crippen MR) is 171 cm³/mol. The van der Waals surface area contributed by atoms with Gasteiger partial charge in [0, 0.05) is 40.0 Å². The molecule has 0 aliphatic heterocycles. The van der Waals surface area contributed by atoms with Crippen LogP contribution in [0.1, 0.15) is 0 Å². The average molecular weight is 805 g/mol. The van der Waals surface area contributed by atoms with Crippen molar-refractivity contribution in [3.8, 4) is 0 Å². The molecule has 0 bridgehead atoms. The molecule has 0 spiro atoms. The summed E-state index contributed by atoms with van der Waals surface area (Å²) in [5.74, 6) is 0. The molecule has 0 saturated carbocycles. The molecule has 4 aromatic carbocycles. The van der Waals surface area contributed by atoms with Gasteiger partial charge < -0.3 is 0 Å². The summed E-state index contributed by atoms with van der Waals surface area (Å²) in [4.78, 5) is 0. The first kappa shape index (κ1) is 34.5. The Morgan fingerprint density at radius 3 is 0.629 bits per heavy atom. The molecule has 4 aromatic rings. The first-order valence-corrected chi connectivity index (χ1v) is 22.6. The minimum atomic E-state index is -0.392. The molecule has 0 unspecified atom stereocenters. The summed E-state index contributed by atoms with van der Waals surface area (Å²) in [6, 6.07) is 43.1. The van der Waals surface area contributed by atoms with Gasteiger partial charge in [0.2, 0.25) is 0 Å². The zero-order valence-electron chi connectivity index (χ0n) is 22.0. The number of benzene rings is 4. The van der Waals surface area contributed by atoms with E-state index in [1.165, 1.54) is 17.6 Å². The van der Waals surface area contributed by atoms with Crippen LogP contribution in [0, 0.1) is 0 Å². The summed E-state index contributed by atoms with van der Waals surface area (Å²) in [6.07, 6.45) is 0. The molecule has 0 saturated heterocycles. The van der Waals surface area contributed by atoms with E-state index in [2.05, 4.69) is 161 Å². The molecular weight excluding hydrogens is 763 g/mol. The van der Waals surface area contributed by atoms with E-state index in [0.717, 1.165) is 0 Å². The predicted octanol–water partition coefficient (Wildman–Crippen LogP) is 4.33. The molecule has 0 aliphatic rings. The van der Waals surface area contributed by atoms with E-state index in [4.69, 9.17) is 0 Å². The first-order chi connectivity index (χ1) is 16.4. The van der Waals surface area contributed by atoms with Crippen molar-refractivity contribution >= 4 is 64.3 Å².